The minimum absolute atomic E-state index is 0.440. The average Bonchev–Trinajstić information content (AvgIpc) is 3.08. The summed E-state index contributed by atoms with van der Waals surface area (Å²) in [4.78, 5) is 11.4. The van der Waals surface area contributed by atoms with Crippen LogP contribution in [0.25, 0.3) is 0 Å². The molecule has 0 radical (unpaired) electrons. The molecule has 5 heteroatoms. The Morgan fingerprint density at radius 3 is 2.45 bits per heavy atom. The zero-order valence-corrected chi connectivity index (χ0v) is 11.9. The number of nitrogens with one attached hydrogen (secondary N) is 1. The third-order valence-corrected chi connectivity index (χ3v) is 5.06. The number of fused-ring (bicyclic) bond motifs is 2. The van der Waals surface area contributed by atoms with Crippen molar-refractivity contribution < 1.29 is 0 Å². The Kier molecular flexibility index (Phi) is 3.02. The van der Waals surface area contributed by atoms with Crippen molar-refractivity contribution in [1.29, 1.82) is 0 Å². The lowest BCUT2D eigenvalue weighted by molar-refractivity contribution is 0.463. The predicted molar refractivity (Wildman–Crippen MR) is 79.8 cm³/mol. The highest BCUT2D eigenvalue weighted by atomic mass is 15.3. The summed E-state index contributed by atoms with van der Waals surface area (Å²) in [5.74, 6) is 2.08. The van der Waals surface area contributed by atoms with E-state index in [9.17, 15) is 0 Å². The van der Waals surface area contributed by atoms with Crippen molar-refractivity contribution in [1.82, 2.24) is 15.3 Å². The van der Waals surface area contributed by atoms with Crippen molar-refractivity contribution in [3.05, 3.63) is 11.8 Å². The molecule has 3 aliphatic rings. The van der Waals surface area contributed by atoms with Gasteiger partial charge in [-0.3, -0.25) is 0 Å². The normalized spacial score (nSPS) is 30.1. The van der Waals surface area contributed by atoms with Crippen LogP contribution in [0.2, 0.25) is 0 Å². The first kappa shape index (κ1) is 12.4. The van der Waals surface area contributed by atoms with Crippen LogP contribution in [0.3, 0.4) is 0 Å². The van der Waals surface area contributed by atoms with E-state index in [-0.39, 0.29) is 0 Å². The second-order valence-electron chi connectivity index (χ2n) is 6.53. The second kappa shape index (κ2) is 4.88. The Morgan fingerprint density at radius 1 is 1.05 bits per heavy atom. The number of nitrogens with two attached hydrogens (primary N) is 1. The first-order valence-electron chi connectivity index (χ1n) is 7.93. The second-order valence-corrected chi connectivity index (χ2v) is 6.53. The van der Waals surface area contributed by atoms with Crippen LogP contribution < -0.4 is 16.0 Å². The number of rotatable bonds is 2. The lowest BCUT2D eigenvalue weighted by Gasteiger charge is -2.34. The number of aromatic nitrogens is 2. The molecule has 20 heavy (non-hydrogen) atoms. The summed E-state index contributed by atoms with van der Waals surface area (Å²) in [7, 11) is 0. The molecule has 4 rings (SSSR count). The van der Waals surface area contributed by atoms with E-state index in [1.165, 1.54) is 38.5 Å². The summed E-state index contributed by atoms with van der Waals surface area (Å²) in [6, 6.07) is 3.44. The smallest absolute Gasteiger partial charge is 0.222 e. The van der Waals surface area contributed by atoms with E-state index < -0.39 is 0 Å². The van der Waals surface area contributed by atoms with Crippen molar-refractivity contribution in [2.24, 2.45) is 0 Å². The highest BCUT2D eigenvalue weighted by molar-refractivity contribution is 5.45. The molecular formula is C15H23N5. The summed E-state index contributed by atoms with van der Waals surface area (Å²) >= 11 is 0. The van der Waals surface area contributed by atoms with Crippen molar-refractivity contribution in [3.8, 4) is 0 Å². The molecule has 2 saturated heterocycles. The lowest BCUT2D eigenvalue weighted by Crippen LogP contribution is -2.51. The van der Waals surface area contributed by atoms with Gasteiger partial charge in [-0.1, -0.05) is 12.8 Å². The molecule has 108 valence electrons. The van der Waals surface area contributed by atoms with Gasteiger partial charge in [0.1, 0.15) is 5.82 Å². The fraction of sp³-hybridized carbons (Fsp3) is 0.733. The minimum Gasteiger partial charge on any atom is -0.368 e. The molecule has 3 N–H and O–H groups in total. The topological polar surface area (TPSA) is 67.1 Å². The quantitative estimate of drug-likeness (QED) is 0.858. The fourth-order valence-electron chi connectivity index (χ4n) is 4.05. The van der Waals surface area contributed by atoms with E-state index in [0.29, 0.717) is 23.9 Å². The van der Waals surface area contributed by atoms with E-state index in [0.717, 1.165) is 24.6 Å². The van der Waals surface area contributed by atoms with E-state index >= 15 is 0 Å². The molecule has 1 aromatic rings. The molecular weight excluding hydrogens is 250 g/mol. The van der Waals surface area contributed by atoms with Gasteiger partial charge in [-0.15, -0.1) is 0 Å². The van der Waals surface area contributed by atoms with Crippen LogP contribution in [0.4, 0.5) is 11.8 Å². The monoisotopic (exact) mass is 273 g/mol. The number of hydrogen-bond donors (Lipinski definition) is 2. The summed E-state index contributed by atoms with van der Waals surface area (Å²) < 4.78 is 0. The van der Waals surface area contributed by atoms with Crippen LogP contribution in [-0.2, 0) is 0 Å². The lowest BCUT2D eigenvalue weighted by atomic mass is 10.0. The van der Waals surface area contributed by atoms with E-state index in [1.807, 2.05) is 0 Å². The molecule has 1 aliphatic carbocycles. The molecule has 2 atom stereocenters. The molecule has 2 unspecified atom stereocenters. The maximum absolute atomic E-state index is 5.95. The number of nitrogen functional groups attached to an aromatic ring is 1. The molecule has 1 aromatic heterocycles. The summed E-state index contributed by atoms with van der Waals surface area (Å²) in [6.45, 7) is 2.11. The molecule has 2 aliphatic heterocycles. The minimum atomic E-state index is 0.440. The van der Waals surface area contributed by atoms with Crippen LogP contribution in [0, 0.1) is 0 Å². The predicted octanol–water partition coefficient (Wildman–Crippen LogP) is 1.66. The summed E-state index contributed by atoms with van der Waals surface area (Å²) in [5, 5.41) is 3.66. The average molecular weight is 273 g/mol. The van der Waals surface area contributed by atoms with E-state index in [1.54, 1.807) is 0 Å². The van der Waals surface area contributed by atoms with Crippen molar-refractivity contribution in [2.45, 2.75) is 56.5 Å². The van der Waals surface area contributed by atoms with Crippen LogP contribution in [0.5, 0.6) is 0 Å². The van der Waals surface area contributed by atoms with Crippen molar-refractivity contribution in [2.75, 3.05) is 23.7 Å². The Bertz CT molecular complexity index is 485. The van der Waals surface area contributed by atoms with Gasteiger partial charge in [0.25, 0.3) is 0 Å². The molecule has 2 bridgehead atoms. The van der Waals surface area contributed by atoms with Gasteiger partial charge >= 0.3 is 0 Å². The summed E-state index contributed by atoms with van der Waals surface area (Å²) in [5.41, 5.74) is 7.12. The third-order valence-electron chi connectivity index (χ3n) is 5.06. The molecule has 3 fully saturated rings. The van der Waals surface area contributed by atoms with Gasteiger partial charge in [-0.05, 0) is 25.7 Å². The molecule has 5 nitrogen and oxygen atoms in total. The van der Waals surface area contributed by atoms with Gasteiger partial charge in [0, 0.05) is 37.2 Å². The van der Waals surface area contributed by atoms with Gasteiger partial charge < -0.3 is 16.0 Å². The maximum Gasteiger partial charge on any atom is 0.222 e. The molecule has 0 spiro atoms. The van der Waals surface area contributed by atoms with Gasteiger partial charge in [0.2, 0.25) is 5.95 Å². The van der Waals surface area contributed by atoms with Gasteiger partial charge in [0.15, 0.2) is 0 Å². The highest BCUT2D eigenvalue weighted by Crippen LogP contribution is 2.35. The number of piperazine rings is 1. The molecule has 1 saturated carbocycles. The first-order chi connectivity index (χ1) is 9.78. The number of nitrogens with zero attached hydrogens (tertiary/aromatic N) is 3. The van der Waals surface area contributed by atoms with Gasteiger partial charge in [0.05, 0.1) is 5.69 Å². The Hall–Kier alpha value is -1.36. The van der Waals surface area contributed by atoms with Crippen molar-refractivity contribution in [3.63, 3.8) is 0 Å². The number of anilines is 2. The molecule has 0 amide bonds. The third kappa shape index (κ3) is 2.24. The SMILES string of the molecule is Nc1nc(C2CCCC2)cc(N2CC3CCC(C2)N3)n1. The zero-order chi connectivity index (χ0) is 13.5. The van der Waals surface area contributed by atoms with Gasteiger partial charge in [-0.2, -0.15) is 4.98 Å². The molecule has 3 heterocycles. The van der Waals surface area contributed by atoms with Crippen LogP contribution in [0.15, 0.2) is 6.07 Å². The van der Waals surface area contributed by atoms with E-state index in [2.05, 4.69) is 26.3 Å². The molecule has 0 aromatic carbocycles. The van der Waals surface area contributed by atoms with Gasteiger partial charge in [-0.25, -0.2) is 4.98 Å². The van der Waals surface area contributed by atoms with Crippen LogP contribution in [-0.4, -0.2) is 35.1 Å². The van der Waals surface area contributed by atoms with Crippen molar-refractivity contribution >= 4 is 11.8 Å². The fourth-order valence-corrected chi connectivity index (χ4v) is 4.05. The highest BCUT2D eigenvalue weighted by Gasteiger charge is 2.33. The summed E-state index contributed by atoms with van der Waals surface area (Å²) in [6.07, 6.45) is 7.73. The Morgan fingerprint density at radius 2 is 1.75 bits per heavy atom. The number of hydrogen-bond acceptors (Lipinski definition) is 5. The largest absolute Gasteiger partial charge is 0.368 e. The van der Waals surface area contributed by atoms with E-state index in [4.69, 9.17) is 5.73 Å². The Balaban J connectivity index is 1.60. The standard InChI is InChI=1S/C15H23N5/c16-15-18-13(10-3-1-2-4-10)7-14(19-15)20-8-11-5-6-12(9-20)17-11/h7,10-12,17H,1-6,8-9H2,(H2,16,18,19). The Labute approximate surface area is 120 Å². The van der Waals surface area contributed by atoms with Crippen LogP contribution in [0.1, 0.15) is 50.1 Å². The zero-order valence-electron chi connectivity index (χ0n) is 11.9. The maximum atomic E-state index is 5.95. The first-order valence-corrected chi connectivity index (χ1v) is 7.93. The van der Waals surface area contributed by atoms with Crippen LogP contribution >= 0.6 is 0 Å².